The van der Waals surface area contributed by atoms with E-state index in [9.17, 15) is 27.3 Å². The molecule has 0 saturated carbocycles. The Morgan fingerprint density at radius 2 is 1.52 bits per heavy atom. The van der Waals surface area contributed by atoms with Gasteiger partial charge in [-0.2, -0.15) is 22.4 Å². The molecule has 0 aliphatic carbocycles. The number of hydrogen-bond acceptors (Lipinski definition) is 8. The minimum absolute atomic E-state index is 0.113. The van der Waals surface area contributed by atoms with E-state index in [0.717, 1.165) is 0 Å². The number of amides is 1. The summed E-state index contributed by atoms with van der Waals surface area (Å²) < 4.78 is 65.9. The second-order valence-corrected chi connectivity index (χ2v) is 7.81. The largest absolute Gasteiger partial charge is 0.471 e. The second kappa shape index (κ2) is 16.6. The number of hydrogen-bond donors (Lipinski definition) is 2. The van der Waals surface area contributed by atoms with Crippen molar-refractivity contribution in [2.45, 2.75) is 31.9 Å². The number of nitrogens with one attached hydrogen (secondary N) is 2. The molecule has 0 saturated heterocycles. The summed E-state index contributed by atoms with van der Waals surface area (Å²) in [5.41, 5.74) is 3.86. The number of hydroxylamine groups is 2. The van der Waals surface area contributed by atoms with E-state index >= 15 is 0 Å². The molecular formula is C19H20ClF3N3O6P. The van der Waals surface area contributed by atoms with Crippen LogP contribution in [0, 0.1) is 48.6 Å². The molecule has 0 bridgehead atoms. The number of ether oxygens (including phenoxy) is 1. The van der Waals surface area contributed by atoms with Gasteiger partial charge in [0.25, 0.3) is 0 Å². The fourth-order valence-electron chi connectivity index (χ4n) is 1.66. The summed E-state index contributed by atoms with van der Waals surface area (Å²) in [6, 6.07) is 4.42. The van der Waals surface area contributed by atoms with Crippen molar-refractivity contribution in [2.24, 2.45) is 0 Å². The monoisotopic (exact) mass is 509 g/mol. The number of alkyl halides is 4. The van der Waals surface area contributed by atoms with Gasteiger partial charge in [-0.05, 0) is 0 Å². The zero-order valence-electron chi connectivity index (χ0n) is 17.2. The van der Waals surface area contributed by atoms with Gasteiger partial charge >= 0.3 is 25.6 Å². The molecule has 0 unspecified atom stereocenters. The van der Waals surface area contributed by atoms with E-state index in [4.69, 9.17) is 33.7 Å². The molecule has 0 rings (SSSR count). The smallest absolute Gasteiger partial charge is 0.463 e. The predicted molar refractivity (Wildman–Crippen MR) is 112 cm³/mol. The highest BCUT2D eigenvalue weighted by Crippen LogP contribution is 2.47. The lowest BCUT2D eigenvalue weighted by Gasteiger charge is -2.25. The van der Waals surface area contributed by atoms with Crippen LogP contribution in [-0.2, 0) is 28.1 Å². The second-order valence-electron chi connectivity index (χ2n) is 5.56. The van der Waals surface area contributed by atoms with Crippen molar-refractivity contribution in [3.63, 3.8) is 0 Å². The molecule has 0 aromatic heterocycles. The number of carbonyl (C=O) groups excluding carboxylic acids is 2. The van der Waals surface area contributed by atoms with E-state index in [-0.39, 0.29) is 30.2 Å². The lowest BCUT2D eigenvalue weighted by Crippen LogP contribution is -2.45. The Hall–Kier alpha value is -2.99. The van der Waals surface area contributed by atoms with Crippen molar-refractivity contribution in [1.82, 2.24) is 15.9 Å². The van der Waals surface area contributed by atoms with Crippen molar-refractivity contribution in [1.29, 1.82) is 0 Å². The average molecular weight is 510 g/mol. The molecule has 0 aromatic carbocycles. The van der Waals surface area contributed by atoms with E-state index in [1.54, 1.807) is 0 Å². The third kappa shape index (κ3) is 14.6. The SMILES string of the molecule is C#CCCC#CNOP(=O)(CN(CC(=O)OCCCl)C(=O)C(F)(F)F)ONC#CCCC#C. The van der Waals surface area contributed by atoms with Crippen LogP contribution >= 0.6 is 19.2 Å². The Morgan fingerprint density at radius 1 is 1.00 bits per heavy atom. The molecule has 14 heteroatoms. The molecule has 0 atom stereocenters. The summed E-state index contributed by atoms with van der Waals surface area (Å²) >= 11 is 5.34. The molecule has 0 heterocycles. The summed E-state index contributed by atoms with van der Waals surface area (Å²) in [5, 5.41) is 0. The van der Waals surface area contributed by atoms with E-state index < -0.39 is 38.5 Å². The van der Waals surface area contributed by atoms with Gasteiger partial charge in [-0.25, -0.2) is 11.0 Å². The van der Waals surface area contributed by atoms with Gasteiger partial charge in [0.05, 0.1) is 5.88 Å². The Labute approximate surface area is 194 Å². The van der Waals surface area contributed by atoms with Crippen molar-refractivity contribution < 1.29 is 41.3 Å². The van der Waals surface area contributed by atoms with Crippen LogP contribution in [0.4, 0.5) is 13.2 Å². The van der Waals surface area contributed by atoms with E-state index in [0.29, 0.717) is 12.8 Å². The fraction of sp³-hybridized carbons (Fsp3) is 0.474. The summed E-state index contributed by atoms with van der Waals surface area (Å²) in [6.07, 6.45) is 4.48. The summed E-state index contributed by atoms with van der Waals surface area (Å²) in [7, 11) is -4.63. The van der Waals surface area contributed by atoms with Crippen molar-refractivity contribution in [3.8, 4) is 48.6 Å². The molecule has 1 amide bonds. The molecule has 180 valence electrons. The summed E-state index contributed by atoms with van der Waals surface area (Å²) in [4.78, 5) is 23.4. The van der Waals surface area contributed by atoms with Crippen LogP contribution in [0.25, 0.3) is 0 Å². The average Bonchev–Trinajstić information content (AvgIpc) is 2.75. The lowest BCUT2D eigenvalue weighted by molar-refractivity contribution is -0.186. The third-order valence-corrected chi connectivity index (χ3v) is 4.55. The summed E-state index contributed by atoms with van der Waals surface area (Å²) in [6.45, 7) is -1.53. The molecule has 0 fully saturated rings. The number of nitrogens with zero attached hydrogens (tertiary/aromatic N) is 1. The fourth-order valence-corrected chi connectivity index (χ4v) is 2.90. The van der Waals surface area contributed by atoms with Crippen molar-refractivity contribution in [3.05, 3.63) is 0 Å². The molecule has 33 heavy (non-hydrogen) atoms. The first-order valence-electron chi connectivity index (χ1n) is 8.96. The van der Waals surface area contributed by atoms with Crippen molar-refractivity contribution in [2.75, 3.05) is 25.3 Å². The number of unbranched alkanes of at least 4 members (excludes halogenated alkanes) is 2. The van der Waals surface area contributed by atoms with Crippen LogP contribution in [0.5, 0.6) is 0 Å². The van der Waals surface area contributed by atoms with Crippen LogP contribution < -0.4 is 11.0 Å². The van der Waals surface area contributed by atoms with Crippen LogP contribution in [0.15, 0.2) is 0 Å². The minimum Gasteiger partial charge on any atom is -0.463 e. The van der Waals surface area contributed by atoms with Gasteiger partial charge in [0.1, 0.15) is 19.4 Å². The maximum atomic E-state index is 13.0. The molecule has 0 aromatic rings. The zero-order chi connectivity index (χ0) is 25.2. The molecule has 0 radical (unpaired) electrons. The van der Waals surface area contributed by atoms with Gasteiger partial charge in [-0.15, -0.1) is 36.3 Å². The Balaban J connectivity index is 5.55. The third-order valence-electron chi connectivity index (χ3n) is 2.97. The maximum absolute atomic E-state index is 13.0. The summed E-state index contributed by atoms with van der Waals surface area (Å²) in [5.74, 6) is 5.76. The molecule has 9 nitrogen and oxygen atoms in total. The highest BCUT2D eigenvalue weighted by Gasteiger charge is 2.46. The normalized spacial score (nSPS) is 10.2. The highest BCUT2D eigenvalue weighted by molar-refractivity contribution is 7.53. The van der Waals surface area contributed by atoms with Gasteiger partial charge in [0.15, 0.2) is 0 Å². The van der Waals surface area contributed by atoms with Gasteiger partial charge in [-0.3, -0.25) is 14.2 Å². The Bertz CT molecular complexity index is 865. The van der Waals surface area contributed by atoms with Crippen LogP contribution in [0.2, 0.25) is 0 Å². The van der Waals surface area contributed by atoms with Crippen LogP contribution in [-0.4, -0.2) is 48.3 Å². The van der Waals surface area contributed by atoms with E-state index in [2.05, 4.69) is 40.5 Å². The maximum Gasteiger partial charge on any atom is 0.471 e. The first-order chi connectivity index (χ1) is 15.6. The van der Waals surface area contributed by atoms with Gasteiger partial charge in [-0.1, -0.05) is 11.8 Å². The van der Waals surface area contributed by atoms with Gasteiger partial charge < -0.3 is 9.64 Å². The van der Waals surface area contributed by atoms with E-state index in [1.807, 2.05) is 11.0 Å². The highest BCUT2D eigenvalue weighted by atomic mass is 35.5. The quantitative estimate of drug-likeness (QED) is 0.0784. The standard InChI is InChI=1S/C19H20ClF3N3O6P/c1-3-5-7-9-12-24-31-33(29,32-25-13-10-8-6-4-2)16-26(18(28)19(21,22)23)15-17(27)30-14-11-20/h1-2,24-25H,5-8,11,14-16H2. The van der Waals surface area contributed by atoms with Gasteiger partial charge in [0.2, 0.25) is 0 Å². The number of halogens is 4. The van der Waals surface area contributed by atoms with Gasteiger partial charge in [0, 0.05) is 37.8 Å². The number of rotatable bonds is 12. The first-order valence-corrected chi connectivity index (χ1v) is 11.2. The van der Waals surface area contributed by atoms with Crippen molar-refractivity contribution >= 4 is 31.1 Å². The number of carbonyl (C=O) groups is 2. The Morgan fingerprint density at radius 3 is 1.94 bits per heavy atom. The molecule has 0 spiro atoms. The topological polar surface area (TPSA) is 106 Å². The zero-order valence-corrected chi connectivity index (χ0v) is 18.8. The van der Waals surface area contributed by atoms with Crippen LogP contribution in [0.3, 0.4) is 0 Å². The number of esters is 1. The predicted octanol–water partition coefficient (Wildman–Crippen LogP) is 2.10. The molecule has 2 N–H and O–H groups in total. The first kappa shape index (κ1) is 30.0. The number of terminal acetylenes is 2. The minimum atomic E-state index is -5.40. The lowest BCUT2D eigenvalue weighted by atomic mass is 10.3. The molecular weight excluding hydrogens is 490 g/mol. The molecule has 0 aliphatic rings. The van der Waals surface area contributed by atoms with Crippen LogP contribution in [0.1, 0.15) is 25.7 Å². The Kier molecular flexibility index (Phi) is 15.1. The van der Waals surface area contributed by atoms with E-state index in [1.165, 1.54) is 0 Å². The molecule has 0 aliphatic heterocycles.